The zero-order valence-electron chi connectivity index (χ0n) is 26.0. The fraction of sp³-hybridized carbons (Fsp3) is 0.741. The number of ketones is 1. The Morgan fingerprint density at radius 1 is 0.644 bits per heavy atom. The predicted molar refractivity (Wildman–Crippen MR) is 158 cm³/mol. The maximum absolute atomic E-state index is 13.1. The maximum Gasteiger partial charge on any atom is 0.317 e. The third-order valence-corrected chi connectivity index (χ3v) is 7.09. The minimum atomic E-state index is -1.46. The highest BCUT2D eigenvalue weighted by molar-refractivity contribution is 5.96. The minimum absolute atomic E-state index is 0.153. The van der Waals surface area contributed by atoms with Gasteiger partial charge in [0, 0.05) is 58.3 Å². The molecule has 18 heteroatoms. The van der Waals surface area contributed by atoms with Gasteiger partial charge in [-0.15, -0.1) is 0 Å². The van der Waals surface area contributed by atoms with Gasteiger partial charge in [-0.25, -0.2) is 0 Å². The number of Topliss-reactive ketones (excluding diaryl/α,β-unsaturated/α-hetero) is 1. The molecule has 1 saturated heterocycles. The Balaban J connectivity index is 3.13. The molecule has 45 heavy (non-hydrogen) atoms. The second kappa shape index (κ2) is 19.6. The number of nitrogens with one attached hydrogen (secondary N) is 2. The van der Waals surface area contributed by atoms with Gasteiger partial charge in [0.05, 0.1) is 38.7 Å². The highest BCUT2D eigenvalue weighted by Gasteiger charge is 2.32. The lowest BCUT2D eigenvalue weighted by molar-refractivity contribution is -0.140. The number of hydrogen-bond acceptors (Lipinski definition) is 12. The van der Waals surface area contributed by atoms with Gasteiger partial charge in [-0.3, -0.25) is 53.2 Å². The van der Waals surface area contributed by atoms with Crippen LogP contribution in [0.15, 0.2) is 0 Å². The summed E-state index contributed by atoms with van der Waals surface area (Å²) < 4.78 is 0. The number of rotatable bonds is 16. The zero-order valence-corrected chi connectivity index (χ0v) is 26.0. The molecular formula is C27H47N7O11. The number of carbonyl (C=O) groups excluding carboxylic acids is 4. The number of amides is 3. The Morgan fingerprint density at radius 2 is 1.00 bits per heavy atom. The van der Waals surface area contributed by atoms with Crippen LogP contribution in [-0.2, 0) is 33.6 Å². The molecule has 1 fully saturated rings. The second-order valence-electron chi connectivity index (χ2n) is 11.4. The summed E-state index contributed by atoms with van der Waals surface area (Å²) in [5, 5.41) is 42.9. The number of carboxylic acids is 3. The fourth-order valence-electron chi connectivity index (χ4n) is 4.68. The van der Waals surface area contributed by atoms with Crippen LogP contribution >= 0.6 is 0 Å². The lowest BCUT2D eigenvalue weighted by atomic mass is 9.97. The Hall–Kier alpha value is -3.71. The first-order valence-electron chi connectivity index (χ1n) is 14.6. The molecule has 0 radical (unpaired) electrons. The number of nitrogens with zero attached hydrogens (tertiary/aromatic N) is 4. The van der Waals surface area contributed by atoms with Gasteiger partial charge in [-0.2, -0.15) is 0 Å². The SMILES string of the molecule is CC(C)C(=O)C(NC(=O)C(CC(N)=O)NC(=O)CN1CCN(CC(=O)O)CCN(CC(=O)O)CCN(CC(=O)O)CC1)C(C)O. The van der Waals surface area contributed by atoms with Crippen LogP contribution in [0.4, 0.5) is 0 Å². The molecule has 1 rings (SSSR count). The number of carboxylic acid groups (broad SMARTS) is 3. The van der Waals surface area contributed by atoms with Crippen LogP contribution in [-0.4, -0.2) is 178 Å². The molecule has 256 valence electrons. The van der Waals surface area contributed by atoms with Crippen LogP contribution in [0.5, 0.6) is 0 Å². The fourth-order valence-corrected chi connectivity index (χ4v) is 4.68. The Labute approximate surface area is 261 Å². The number of primary amides is 1. The average molecular weight is 646 g/mol. The van der Waals surface area contributed by atoms with Crippen molar-refractivity contribution in [2.75, 3.05) is 78.5 Å². The van der Waals surface area contributed by atoms with E-state index in [1.54, 1.807) is 33.4 Å². The monoisotopic (exact) mass is 645 g/mol. The van der Waals surface area contributed by atoms with Gasteiger partial charge in [0.1, 0.15) is 12.1 Å². The van der Waals surface area contributed by atoms with Gasteiger partial charge in [0.2, 0.25) is 17.7 Å². The van der Waals surface area contributed by atoms with Crippen LogP contribution in [0, 0.1) is 5.92 Å². The number of aliphatic hydroxyl groups is 1. The molecule has 0 spiro atoms. The molecule has 0 aromatic heterocycles. The molecule has 0 saturated carbocycles. The summed E-state index contributed by atoms with van der Waals surface area (Å²) in [4.78, 5) is 91.0. The summed E-state index contributed by atoms with van der Waals surface area (Å²) in [6.07, 6.45) is -1.85. The van der Waals surface area contributed by atoms with Crippen LogP contribution in [0.1, 0.15) is 27.2 Å². The molecule has 1 aliphatic rings. The molecule has 1 aliphatic heterocycles. The first-order chi connectivity index (χ1) is 21.0. The van der Waals surface area contributed by atoms with Crippen molar-refractivity contribution in [3.8, 4) is 0 Å². The first kappa shape index (κ1) is 39.3. The summed E-state index contributed by atoms with van der Waals surface area (Å²) in [7, 11) is 0. The van der Waals surface area contributed by atoms with Crippen molar-refractivity contribution in [3.63, 3.8) is 0 Å². The van der Waals surface area contributed by atoms with Crippen molar-refractivity contribution >= 4 is 41.4 Å². The van der Waals surface area contributed by atoms with E-state index in [0.29, 0.717) is 0 Å². The van der Waals surface area contributed by atoms with Crippen molar-refractivity contribution < 1.29 is 54.0 Å². The lowest BCUT2D eigenvalue weighted by Gasteiger charge is -2.33. The summed E-state index contributed by atoms with van der Waals surface area (Å²) in [6, 6.07) is -2.75. The molecule has 0 aromatic carbocycles. The molecule has 3 atom stereocenters. The van der Waals surface area contributed by atoms with Gasteiger partial charge >= 0.3 is 17.9 Å². The topological polar surface area (TPSA) is 263 Å². The van der Waals surface area contributed by atoms with Crippen LogP contribution in [0.2, 0.25) is 0 Å². The second-order valence-corrected chi connectivity index (χ2v) is 11.4. The smallest absolute Gasteiger partial charge is 0.317 e. The molecule has 3 amide bonds. The predicted octanol–water partition coefficient (Wildman–Crippen LogP) is -4.09. The van der Waals surface area contributed by atoms with Gasteiger partial charge in [-0.1, -0.05) is 13.8 Å². The third kappa shape index (κ3) is 16.3. The summed E-state index contributed by atoms with van der Waals surface area (Å²) in [5.74, 6) is -6.77. The highest BCUT2D eigenvalue weighted by atomic mass is 16.4. The first-order valence-corrected chi connectivity index (χ1v) is 14.6. The molecule has 3 unspecified atom stereocenters. The van der Waals surface area contributed by atoms with E-state index in [0.717, 1.165) is 0 Å². The van der Waals surface area contributed by atoms with E-state index in [4.69, 9.17) is 5.73 Å². The normalized spacial score (nSPS) is 18.5. The maximum atomic E-state index is 13.1. The number of aliphatic hydroxyl groups excluding tert-OH is 1. The number of aliphatic carboxylic acids is 3. The quantitative estimate of drug-likeness (QED) is 0.0841. The van der Waals surface area contributed by atoms with Crippen LogP contribution in [0.25, 0.3) is 0 Å². The van der Waals surface area contributed by atoms with E-state index in [1.165, 1.54) is 6.92 Å². The molecule has 18 nitrogen and oxygen atoms in total. The van der Waals surface area contributed by atoms with E-state index in [-0.39, 0.29) is 78.5 Å². The van der Waals surface area contributed by atoms with Crippen molar-refractivity contribution in [1.29, 1.82) is 0 Å². The van der Waals surface area contributed by atoms with Crippen molar-refractivity contribution in [1.82, 2.24) is 30.2 Å². The van der Waals surface area contributed by atoms with Crippen LogP contribution < -0.4 is 16.4 Å². The summed E-state index contributed by atoms with van der Waals surface area (Å²) >= 11 is 0. The minimum Gasteiger partial charge on any atom is -0.480 e. The Morgan fingerprint density at radius 3 is 1.29 bits per heavy atom. The van der Waals surface area contributed by atoms with E-state index in [1.807, 2.05) is 0 Å². The molecule has 1 heterocycles. The van der Waals surface area contributed by atoms with E-state index in [2.05, 4.69) is 10.6 Å². The molecule has 8 N–H and O–H groups in total. The van der Waals surface area contributed by atoms with E-state index >= 15 is 0 Å². The Kier molecular flexibility index (Phi) is 17.1. The average Bonchev–Trinajstić information content (AvgIpc) is 2.90. The molecular weight excluding hydrogens is 598 g/mol. The third-order valence-electron chi connectivity index (χ3n) is 7.09. The van der Waals surface area contributed by atoms with Gasteiger partial charge in [0.25, 0.3) is 0 Å². The van der Waals surface area contributed by atoms with Gasteiger partial charge < -0.3 is 36.8 Å². The zero-order chi connectivity index (χ0) is 34.3. The van der Waals surface area contributed by atoms with Crippen molar-refractivity contribution in [3.05, 3.63) is 0 Å². The standard InChI is InChI=1S/C27H47N7O11/c1-17(2)26(44)25(18(3)35)30-27(45)19(12-20(28)36)29-21(37)13-31-4-6-32(14-22(38)39)8-10-34(16-24(42)43)11-9-33(7-5-31)15-23(40)41/h17-19,25,35H,4-16H2,1-3H3,(H2,28,36)(H,29,37)(H,30,45)(H,38,39)(H,40,41)(H,42,43). The van der Waals surface area contributed by atoms with E-state index in [9.17, 15) is 54.0 Å². The van der Waals surface area contributed by atoms with E-state index < -0.39 is 71.9 Å². The van der Waals surface area contributed by atoms with Crippen LogP contribution in [0.3, 0.4) is 0 Å². The van der Waals surface area contributed by atoms with Crippen molar-refractivity contribution in [2.24, 2.45) is 11.7 Å². The number of hydrogen-bond donors (Lipinski definition) is 7. The summed E-state index contributed by atoms with van der Waals surface area (Å²) in [6.45, 7) is 4.62. The Bertz CT molecular complexity index is 1020. The summed E-state index contributed by atoms with van der Waals surface area (Å²) in [5.41, 5.74) is 5.29. The van der Waals surface area contributed by atoms with Gasteiger partial charge in [-0.05, 0) is 6.92 Å². The molecule has 0 aliphatic carbocycles. The highest BCUT2D eigenvalue weighted by Crippen LogP contribution is 2.06. The molecule has 0 bridgehead atoms. The van der Waals surface area contributed by atoms with Gasteiger partial charge in [0.15, 0.2) is 5.78 Å². The largest absolute Gasteiger partial charge is 0.480 e. The molecule has 0 aromatic rings. The van der Waals surface area contributed by atoms with Crippen molar-refractivity contribution in [2.45, 2.75) is 45.4 Å². The number of nitrogens with two attached hydrogens (primary N) is 1. The lowest BCUT2D eigenvalue weighted by Crippen LogP contribution is -2.57. The number of carbonyl (C=O) groups is 7.